The van der Waals surface area contributed by atoms with Gasteiger partial charge in [-0.15, -0.1) is 0 Å². The van der Waals surface area contributed by atoms with E-state index in [1.54, 1.807) is 0 Å². The molecule has 9 heteroatoms. The Morgan fingerprint density at radius 2 is 1.72 bits per heavy atom. The van der Waals surface area contributed by atoms with E-state index in [0.29, 0.717) is 23.4 Å². The van der Waals surface area contributed by atoms with Gasteiger partial charge in [0.2, 0.25) is 15.7 Å². The van der Waals surface area contributed by atoms with Crippen LogP contribution in [0.15, 0.2) is 87.6 Å². The summed E-state index contributed by atoms with van der Waals surface area (Å²) in [5.74, 6) is -0.837. The number of aromatic hydroxyl groups is 1. The van der Waals surface area contributed by atoms with Crippen molar-refractivity contribution >= 4 is 9.84 Å². The number of hydrogen-bond acceptors (Lipinski definition) is 6. The molecule has 186 valence electrons. The number of aryl methyl sites for hydroxylation is 1. The lowest BCUT2D eigenvalue weighted by Crippen LogP contribution is -2.27. The van der Waals surface area contributed by atoms with E-state index in [4.69, 9.17) is 0 Å². The van der Waals surface area contributed by atoms with Gasteiger partial charge in [0.15, 0.2) is 4.90 Å². The average Bonchev–Trinajstić information content (AvgIpc) is 2.87. The molecule has 4 aromatic rings. The molecule has 7 nitrogen and oxygen atoms in total. The van der Waals surface area contributed by atoms with Crippen molar-refractivity contribution in [3.63, 3.8) is 0 Å². The smallest absolute Gasteiger partial charge is 0.296 e. The van der Waals surface area contributed by atoms with Crippen molar-refractivity contribution in [3.05, 3.63) is 101 Å². The Morgan fingerprint density at radius 3 is 2.36 bits per heavy atom. The van der Waals surface area contributed by atoms with Crippen molar-refractivity contribution in [1.29, 1.82) is 0 Å². The molecule has 0 aliphatic carbocycles. The number of pyridine rings is 1. The maximum Gasteiger partial charge on any atom is 0.296 e. The van der Waals surface area contributed by atoms with Crippen LogP contribution in [-0.2, 0) is 16.3 Å². The molecule has 0 bridgehead atoms. The highest BCUT2D eigenvalue weighted by Crippen LogP contribution is 2.32. The Morgan fingerprint density at radius 1 is 1.03 bits per heavy atom. The van der Waals surface area contributed by atoms with E-state index in [2.05, 4.69) is 9.97 Å². The van der Waals surface area contributed by atoms with Gasteiger partial charge in [0.25, 0.3) is 5.56 Å². The van der Waals surface area contributed by atoms with Crippen molar-refractivity contribution in [3.8, 4) is 17.0 Å². The molecule has 4 rings (SSSR count). The average molecular weight is 508 g/mol. The molecule has 1 atom stereocenters. The van der Waals surface area contributed by atoms with Crippen LogP contribution in [-0.4, -0.2) is 28.1 Å². The molecule has 0 unspecified atom stereocenters. The fraction of sp³-hybridized carbons (Fsp3) is 0.222. The predicted molar refractivity (Wildman–Crippen MR) is 134 cm³/mol. The lowest BCUT2D eigenvalue weighted by atomic mass is 10.1. The van der Waals surface area contributed by atoms with Gasteiger partial charge in [-0.25, -0.2) is 12.8 Å². The first-order chi connectivity index (χ1) is 17.2. The highest BCUT2D eigenvalue weighted by atomic mass is 32.2. The van der Waals surface area contributed by atoms with Crippen LogP contribution in [0.4, 0.5) is 4.39 Å². The molecule has 0 fully saturated rings. The summed E-state index contributed by atoms with van der Waals surface area (Å²) < 4.78 is 42.0. The van der Waals surface area contributed by atoms with E-state index in [-0.39, 0.29) is 4.90 Å². The van der Waals surface area contributed by atoms with Gasteiger partial charge in [-0.2, -0.15) is 4.98 Å². The lowest BCUT2D eigenvalue weighted by molar-refractivity contribution is 0.369. The highest BCUT2D eigenvalue weighted by Gasteiger charge is 2.31. The van der Waals surface area contributed by atoms with E-state index in [1.807, 2.05) is 44.2 Å². The minimum absolute atomic E-state index is 0.190. The number of nitrogens with zero attached hydrogens (tertiary/aromatic N) is 3. The van der Waals surface area contributed by atoms with E-state index in [0.717, 1.165) is 24.6 Å². The Bertz CT molecular complexity index is 1540. The first kappa shape index (κ1) is 25.2. The third-order valence-corrected chi connectivity index (χ3v) is 7.82. The molecule has 0 saturated heterocycles. The summed E-state index contributed by atoms with van der Waals surface area (Å²) >= 11 is 0. The Hall–Kier alpha value is -3.85. The second-order valence-electron chi connectivity index (χ2n) is 8.47. The minimum atomic E-state index is -4.42. The number of aromatic nitrogens is 3. The maximum absolute atomic E-state index is 13.5. The van der Waals surface area contributed by atoms with Crippen molar-refractivity contribution in [2.45, 2.75) is 48.9 Å². The van der Waals surface area contributed by atoms with E-state index >= 15 is 0 Å². The quantitative estimate of drug-likeness (QED) is 0.363. The van der Waals surface area contributed by atoms with Crippen LogP contribution in [0.5, 0.6) is 5.88 Å². The van der Waals surface area contributed by atoms with Crippen molar-refractivity contribution in [2.24, 2.45) is 0 Å². The van der Waals surface area contributed by atoms with Gasteiger partial charge < -0.3 is 5.11 Å². The topological polar surface area (TPSA) is 102 Å². The summed E-state index contributed by atoms with van der Waals surface area (Å²) in [7, 11) is -4.42. The van der Waals surface area contributed by atoms with E-state index < -0.39 is 38.0 Å². The van der Waals surface area contributed by atoms with Gasteiger partial charge in [-0.1, -0.05) is 55.8 Å². The molecular weight excluding hydrogens is 481 g/mol. The van der Waals surface area contributed by atoms with E-state index in [9.17, 15) is 22.7 Å². The number of sulfone groups is 1. The van der Waals surface area contributed by atoms with Crippen LogP contribution >= 0.6 is 0 Å². The third kappa shape index (κ3) is 4.92. The molecular formula is C27H26FN3O4S. The molecule has 2 aromatic carbocycles. The van der Waals surface area contributed by atoms with E-state index in [1.165, 1.54) is 41.1 Å². The number of halogens is 1. The number of rotatable bonds is 8. The van der Waals surface area contributed by atoms with Gasteiger partial charge in [0.05, 0.1) is 17.1 Å². The normalized spacial score (nSPS) is 12.4. The second-order valence-corrected chi connectivity index (χ2v) is 10.4. The number of benzene rings is 2. The summed E-state index contributed by atoms with van der Waals surface area (Å²) in [4.78, 5) is 19.9. The van der Waals surface area contributed by atoms with Crippen molar-refractivity contribution < 1.29 is 17.9 Å². The van der Waals surface area contributed by atoms with Crippen LogP contribution in [0, 0.1) is 5.82 Å². The Labute approximate surface area is 208 Å². The SMILES string of the molecule is CCCCc1nc(=O)c(S(=O)(=O)c2ccc(-c3cncc(F)c3)cc2)c(O)n1[C@@H](C)c1ccccc1. The zero-order chi connectivity index (χ0) is 25.9. The molecule has 2 heterocycles. The van der Waals surface area contributed by atoms with Gasteiger partial charge in [0, 0.05) is 18.2 Å². The molecule has 0 aliphatic heterocycles. The van der Waals surface area contributed by atoms with Crippen LogP contribution in [0.25, 0.3) is 11.1 Å². The van der Waals surface area contributed by atoms with Gasteiger partial charge >= 0.3 is 0 Å². The minimum Gasteiger partial charge on any atom is -0.493 e. The highest BCUT2D eigenvalue weighted by molar-refractivity contribution is 7.91. The van der Waals surface area contributed by atoms with Crippen LogP contribution < -0.4 is 5.56 Å². The maximum atomic E-state index is 13.5. The van der Waals surface area contributed by atoms with Crippen molar-refractivity contribution in [2.75, 3.05) is 0 Å². The van der Waals surface area contributed by atoms with Crippen LogP contribution in [0.1, 0.15) is 44.1 Å². The van der Waals surface area contributed by atoms with Gasteiger partial charge in [-0.05, 0) is 42.7 Å². The van der Waals surface area contributed by atoms with Crippen molar-refractivity contribution in [1.82, 2.24) is 14.5 Å². The van der Waals surface area contributed by atoms with Gasteiger partial charge in [0.1, 0.15) is 11.6 Å². The van der Waals surface area contributed by atoms with Gasteiger partial charge in [-0.3, -0.25) is 14.3 Å². The first-order valence-electron chi connectivity index (χ1n) is 11.6. The van der Waals surface area contributed by atoms with Crippen LogP contribution in [0.3, 0.4) is 0 Å². The standard InChI is InChI=1S/C27H26FN3O4S/c1-3-4-10-24-30-26(32)25(27(33)31(24)18(2)19-8-6-5-7-9-19)36(34,35)23-13-11-20(12-14-23)21-15-22(28)17-29-16-21/h5-9,11-18,33H,3-4,10H2,1-2H3/t18-/m0/s1. The Kier molecular flexibility index (Phi) is 7.30. The monoisotopic (exact) mass is 507 g/mol. The summed E-state index contributed by atoms with van der Waals surface area (Å²) in [5.41, 5.74) is 0.844. The second kappa shape index (κ2) is 10.4. The molecule has 1 N–H and O–H groups in total. The molecule has 0 spiro atoms. The zero-order valence-corrected chi connectivity index (χ0v) is 20.7. The first-order valence-corrected chi connectivity index (χ1v) is 13.1. The molecule has 2 aromatic heterocycles. The molecule has 0 radical (unpaired) electrons. The summed E-state index contributed by atoms with van der Waals surface area (Å²) in [6.07, 6.45) is 4.50. The summed E-state index contributed by atoms with van der Waals surface area (Å²) in [6, 6.07) is 15.7. The number of unbranched alkanes of at least 4 members (excludes halogenated alkanes) is 1. The summed E-state index contributed by atoms with van der Waals surface area (Å²) in [5, 5.41) is 11.2. The number of hydrogen-bond donors (Lipinski definition) is 1. The largest absolute Gasteiger partial charge is 0.493 e. The zero-order valence-electron chi connectivity index (χ0n) is 19.9. The molecule has 0 aliphatic rings. The van der Waals surface area contributed by atoms with Crippen LogP contribution in [0.2, 0.25) is 0 Å². The predicted octanol–water partition coefficient (Wildman–Crippen LogP) is 4.93. The molecule has 36 heavy (non-hydrogen) atoms. The fourth-order valence-corrected chi connectivity index (χ4v) is 5.44. The Balaban J connectivity index is 1.83. The molecule has 0 saturated carbocycles. The fourth-order valence-electron chi connectivity index (χ4n) is 4.10. The summed E-state index contributed by atoms with van der Waals surface area (Å²) in [6.45, 7) is 3.81. The lowest BCUT2D eigenvalue weighted by Gasteiger charge is -2.23. The molecule has 0 amide bonds. The third-order valence-electron chi connectivity index (χ3n) is 6.03.